The number of H-pyrrole nitrogens is 1. The lowest BCUT2D eigenvalue weighted by Crippen LogP contribution is -2.13. The molecule has 5 nitrogen and oxygen atoms in total. The molecule has 5 heteroatoms. The van der Waals surface area contributed by atoms with Gasteiger partial charge < -0.3 is 15.6 Å². The van der Waals surface area contributed by atoms with E-state index in [0.717, 1.165) is 36.8 Å². The lowest BCUT2D eigenvalue weighted by atomic mass is 10.4. The molecule has 0 aliphatic carbocycles. The van der Waals surface area contributed by atoms with Crippen LogP contribution >= 0.6 is 0 Å². The smallest absolute Gasteiger partial charge is 0.131 e. The largest absolute Gasteiger partial charge is 0.364 e. The molecule has 0 spiro atoms. The molecule has 0 atom stereocenters. The summed E-state index contributed by atoms with van der Waals surface area (Å²) in [6.45, 7) is 1.63. The highest BCUT2D eigenvalue weighted by Gasteiger charge is 1.99. The second kappa shape index (κ2) is 6.00. The summed E-state index contributed by atoms with van der Waals surface area (Å²) in [5, 5.41) is 6.35. The molecule has 0 aliphatic heterocycles. The topological polar surface area (TPSA) is 65.6 Å². The van der Waals surface area contributed by atoms with Gasteiger partial charge in [0.1, 0.15) is 11.6 Å². The van der Waals surface area contributed by atoms with E-state index >= 15 is 0 Å². The first-order valence-corrected chi connectivity index (χ1v) is 5.71. The molecule has 2 heterocycles. The van der Waals surface area contributed by atoms with E-state index in [4.69, 9.17) is 0 Å². The summed E-state index contributed by atoms with van der Waals surface area (Å²) < 4.78 is 0. The molecule has 2 aromatic rings. The second-order valence-corrected chi connectivity index (χ2v) is 3.76. The molecule has 0 aromatic carbocycles. The first-order valence-electron chi connectivity index (χ1n) is 5.71. The highest BCUT2D eigenvalue weighted by molar-refractivity contribution is 5.33. The Morgan fingerprint density at radius 1 is 1.35 bits per heavy atom. The predicted molar refractivity (Wildman–Crippen MR) is 67.8 cm³/mol. The summed E-state index contributed by atoms with van der Waals surface area (Å²) in [5.41, 5.74) is 1.14. The average Bonchev–Trinajstić information content (AvgIpc) is 2.87. The Morgan fingerprint density at radius 2 is 2.29 bits per heavy atom. The van der Waals surface area contributed by atoms with E-state index in [1.807, 2.05) is 31.4 Å². The molecule has 0 bridgehead atoms. The Hall–Kier alpha value is -1.88. The number of likely N-dealkylation sites (N-methyl/N-ethyl adjacent to an activating group) is 1. The van der Waals surface area contributed by atoms with Crippen LogP contribution in [0, 0.1) is 0 Å². The van der Waals surface area contributed by atoms with Crippen LogP contribution in [-0.2, 0) is 13.0 Å². The second-order valence-electron chi connectivity index (χ2n) is 3.76. The number of aromatic amines is 1. The summed E-state index contributed by atoms with van der Waals surface area (Å²) in [7, 11) is 1.92. The van der Waals surface area contributed by atoms with Crippen LogP contribution < -0.4 is 10.6 Å². The normalized spacial score (nSPS) is 10.4. The zero-order valence-corrected chi connectivity index (χ0v) is 9.90. The molecule has 90 valence electrons. The number of hydrogen-bond donors (Lipinski definition) is 3. The van der Waals surface area contributed by atoms with Crippen molar-refractivity contribution in [3.8, 4) is 0 Å². The summed E-state index contributed by atoms with van der Waals surface area (Å²) in [5.74, 6) is 1.72. The zero-order chi connectivity index (χ0) is 11.9. The first kappa shape index (κ1) is 11.6. The number of nitrogens with zero attached hydrogens (tertiary/aromatic N) is 2. The third-order valence-electron chi connectivity index (χ3n) is 2.43. The van der Waals surface area contributed by atoms with Crippen molar-refractivity contribution in [1.29, 1.82) is 0 Å². The summed E-state index contributed by atoms with van der Waals surface area (Å²) >= 11 is 0. The SMILES string of the molecule is CNCCc1nccc(NCc2ccc[nH]2)n1. The van der Waals surface area contributed by atoms with Crippen LogP contribution in [0.25, 0.3) is 0 Å². The van der Waals surface area contributed by atoms with E-state index in [0.29, 0.717) is 0 Å². The summed E-state index contributed by atoms with van der Waals surface area (Å²) in [6.07, 6.45) is 4.54. The van der Waals surface area contributed by atoms with Gasteiger partial charge in [0.2, 0.25) is 0 Å². The molecule has 3 N–H and O–H groups in total. The van der Waals surface area contributed by atoms with Crippen molar-refractivity contribution in [2.75, 3.05) is 18.9 Å². The van der Waals surface area contributed by atoms with Crippen molar-refractivity contribution in [2.45, 2.75) is 13.0 Å². The molecule has 0 fully saturated rings. The highest BCUT2D eigenvalue weighted by Crippen LogP contribution is 2.04. The van der Waals surface area contributed by atoms with Gasteiger partial charge in [-0.05, 0) is 25.2 Å². The number of nitrogens with one attached hydrogen (secondary N) is 3. The Labute approximate surface area is 101 Å². The van der Waals surface area contributed by atoms with E-state index in [1.54, 1.807) is 6.20 Å². The molecule has 0 saturated heterocycles. The maximum Gasteiger partial charge on any atom is 0.131 e. The van der Waals surface area contributed by atoms with Gasteiger partial charge in [-0.25, -0.2) is 9.97 Å². The van der Waals surface area contributed by atoms with E-state index < -0.39 is 0 Å². The maximum atomic E-state index is 4.43. The van der Waals surface area contributed by atoms with E-state index in [2.05, 4.69) is 25.6 Å². The fourth-order valence-corrected chi connectivity index (χ4v) is 1.52. The lowest BCUT2D eigenvalue weighted by Gasteiger charge is -2.05. The number of anilines is 1. The van der Waals surface area contributed by atoms with Crippen molar-refractivity contribution in [1.82, 2.24) is 20.3 Å². The van der Waals surface area contributed by atoms with Crippen LogP contribution in [0.4, 0.5) is 5.82 Å². The molecular formula is C12H17N5. The zero-order valence-electron chi connectivity index (χ0n) is 9.90. The Bertz CT molecular complexity index is 438. The number of rotatable bonds is 6. The van der Waals surface area contributed by atoms with Gasteiger partial charge in [-0.15, -0.1) is 0 Å². The molecular weight excluding hydrogens is 214 g/mol. The standard InChI is InChI=1S/C12H17N5/c1-13-7-4-11-15-8-5-12(17-11)16-9-10-3-2-6-14-10/h2-3,5-6,8,13-14H,4,7,9H2,1H3,(H,15,16,17). The third kappa shape index (κ3) is 3.57. The molecule has 0 radical (unpaired) electrons. The Balaban J connectivity index is 1.91. The van der Waals surface area contributed by atoms with Crippen LogP contribution in [-0.4, -0.2) is 28.5 Å². The van der Waals surface area contributed by atoms with Gasteiger partial charge >= 0.3 is 0 Å². The van der Waals surface area contributed by atoms with E-state index in [9.17, 15) is 0 Å². The van der Waals surface area contributed by atoms with Crippen LogP contribution in [0.1, 0.15) is 11.5 Å². The Kier molecular flexibility index (Phi) is 4.10. The molecule has 2 aromatic heterocycles. The molecule has 2 rings (SSSR count). The van der Waals surface area contributed by atoms with Gasteiger partial charge in [-0.3, -0.25) is 0 Å². The minimum Gasteiger partial charge on any atom is -0.364 e. The van der Waals surface area contributed by atoms with Gasteiger partial charge in [0, 0.05) is 31.1 Å². The molecule has 0 aliphatic rings. The van der Waals surface area contributed by atoms with Gasteiger partial charge in [0.15, 0.2) is 0 Å². The van der Waals surface area contributed by atoms with Gasteiger partial charge in [0.05, 0.1) is 6.54 Å². The van der Waals surface area contributed by atoms with Crippen LogP contribution in [0.3, 0.4) is 0 Å². The number of aromatic nitrogens is 3. The molecule has 0 unspecified atom stereocenters. The van der Waals surface area contributed by atoms with Gasteiger partial charge in [-0.1, -0.05) is 0 Å². The molecule has 0 saturated carbocycles. The third-order valence-corrected chi connectivity index (χ3v) is 2.43. The average molecular weight is 231 g/mol. The summed E-state index contributed by atoms with van der Waals surface area (Å²) in [6, 6.07) is 5.90. The van der Waals surface area contributed by atoms with Gasteiger partial charge in [0.25, 0.3) is 0 Å². The fourth-order valence-electron chi connectivity index (χ4n) is 1.52. The van der Waals surface area contributed by atoms with Crippen molar-refractivity contribution in [2.24, 2.45) is 0 Å². The van der Waals surface area contributed by atoms with Crippen LogP contribution in [0.2, 0.25) is 0 Å². The van der Waals surface area contributed by atoms with E-state index in [1.165, 1.54) is 0 Å². The summed E-state index contributed by atoms with van der Waals surface area (Å²) in [4.78, 5) is 11.8. The lowest BCUT2D eigenvalue weighted by molar-refractivity contribution is 0.755. The van der Waals surface area contributed by atoms with Gasteiger partial charge in [-0.2, -0.15) is 0 Å². The van der Waals surface area contributed by atoms with E-state index in [-0.39, 0.29) is 0 Å². The molecule has 0 amide bonds. The van der Waals surface area contributed by atoms with Crippen LogP contribution in [0.15, 0.2) is 30.6 Å². The quantitative estimate of drug-likeness (QED) is 0.698. The van der Waals surface area contributed by atoms with Crippen molar-refractivity contribution in [3.05, 3.63) is 42.1 Å². The van der Waals surface area contributed by atoms with Crippen molar-refractivity contribution >= 4 is 5.82 Å². The minimum atomic E-state index is 0.746. The maximum absolute atomic E-state index is 4.43. The highest BCUT2D eigenvalue weighted by atomic mass is 15.0. The fraction of sp³-hybridized carbons (Fsp3) is 0.333. The first-order chi connectivity index (χ1) is 8.38. The monoisotopic (exact) mass is 231 g/mol. The van der Waals surface area contributed by atoms with Crippen molar-refractivity contribution in [3.63, 3.8) is 0 Å². The predicted octanol–water partition coefficient (Wildman–Crippen LogP) is 1.18. The van der Waals surface area contributed by atoms with Crippen molar-refractivity contribution < 1.29 is 0 Å². The minimum absolute atomic E-state index is 0.746. The number of hydrogen-bond acceptors (Lipinski definition) is 4. The van der Waals surface area contributed by atoms with Crippen LogP contribution in [0.5, 0.6) is 0 Å². The Morgan fingerprint density at radius 3 is 3.06 bits per heavy atom. The molecule has 17 heavy (non-hydrogen) atoms.